The van der Waals surface area contributed by atoms with Crippen molar-refractivity contribution in [3.8, 4) is 5.75 Å². The van der Waals surface area contributed by atoms with E-state index in [1.54, 1.807) is 43.3 Å². The highest BCUT2D eigenvalue weighted by Gasteiger charge is 2.31. The zero-order valence-electron chi connectivity index (χ0n) is 17.7. The number of nitrogens with zero attached hydrogens (tertiary/aromatic N) is 1. The lowest BCUT2D eigenvalue weighted by atomic mass is 10.2. The van der Waals surface area contributed by atoms with Crippen LogP contribution in [0.4, 0.5) is 17.1 Å². The Labute approximate surface area is 191 Å². The van der Waals surface area contributed by atoms with Crippen LogP contribution in [0, 0.1) is 0 Å². The number of carbonyl (C=O) groups excluding carboxylic acids is 2. The van der Waals surface area contributed by atoms with Gasteiger partial charge in [-0.3, -0.25) is 13.9 Å². The van der Waals surface area contributed by atoms with Crippen LogP contribution >= 0.6 is 0 Å². The number of hydrogen-bond donors (Lipinski definition) is 2. The van der Waals surface area contributed by atoms with Crippen LogP contribution in [-0.4, -0.2) is 32.9 Å². The Morgan fingerprint density at radius 2 is 1.91 bits per heavy atom. The van der Waals surface area contributed by atoms with Crippen LogP contribution < -0.4 is 19.7 Å². The van der Waals surface area contributed by atoms with Gasteiger partial charge in [0.15, 0.2) is 6.10 Å². The van der Waals surface area contributed by atoms with Gasteiger partial charge in [-0.05, 0) is 61.4 Å². The van der Waals surface area contributed by atoms with E-state index >= 15 is 0 Å². The summed E-state index contributed by atoms with van der Waals surface area (Å²) in [5.41, 5.74) is 2.75. The quantitative estimate of drug-likeness (QED) is 0.617. The molecule has 2 aliphatic heterocycles. The molecular formula is C24H21N3O5S. The normalized spacial score (nSPS) is 16.9. The van der Waals surface area contributed by atoms with Crippen molar-refractivity contribution in [3.63, 3.8) is 0 Å². The van der Waals surface area contributed by atoms with Gasteiger partial charge in [0.1, 0.15) is 5.75 Å². The topological polar surface area (TPSA) is 105 Å². The lowest BCUT2D eigenvalue weighted by Crippen LogP contribution is -2.34. The summed E-state index contributed by atoms with van der Waals surface area (Å²) in [7, 11) is -3.82. The molecule has 2 heterocycles. The van der Waals surface area contributed by atoms with Gasteiger partial charge in [-0.25, -0.2) is 8.42 Å². The van der Waals surface area contributed by atoms with Crippen LogP contribution in [-0.2, 0) is 21.2 Å². The van der Waals surface area contributed by atoms with Crippen molar-refractivity contribution in [2.45, 2.75) is 24.3 Å². The van der Waals surface area contributed by atoms with Gasteiger partial charge in [0.05, 0.1) is 16.3 Å². The number of para-hydroxylation sites is 1. The van der Waals surface area contributed by atoms with Gasteiger partial charge in [0.2, 0.25) is 0 Å². The highest BCUT2D eigenvalue weighted by atomic mass is 32.2. The number of fused-ring (bicyclic) bond motifs is 2. The lowest BCUT2D eigenvalue weighted by molar-refractivity contribution is -0.122. The van der Waals surface area contributed by atoms with Crippen LogP contribution in [0.25, 0.3) is 0 Å². The maximum Gasteiger partial charge on any atom is 0.265 e. The Kier molecular flexibility index (Phi) is 5.05. The largest absolute Gasteiger partial charge is 0.479 e. The molecule has 0 unspecified atom stereocenters. The number of anilines is 3. The summed E-state index contributed by atoms with van der Waals surface area (Å²) < 4.78 is 33.5. The molecule has 0 aromatic heterocycles. The molecule has 0 aliphatic carbocycles. The van der Waals surface area contributed by atoms with Gasteiger partial charge in [0, 0.05) is 17.8 Å². The zero-order chi connectivity index (χ0) is 23.2. The van der Waals surface area contributed by atoms with Gasteiger partial charge in [-0.15, -0.1) is 0 Å². The smallest absolute Gasteiger partial charge is 0.265 e. The third kappa shape index (κ3) is 3.80. The summed E-state index contributed by atoms with van der Waals surface area (Å²) in [5, 5.41) is 5.48. The molecule has 3 aromatic carbocycles. The van der Waals surface area contributed by atoms with Crippen molar-refractivity contribution in [2.75, 3.05) is 21.5 Å². The third-order valence-electron chi connectivity index (χ3n) is 5.70. The summed E-state index contributed by atoms with van der Waals surface area (Å²) >= 11 is 0. The molecule has 0 bridgehead atoms. The van der Waals surface area contributed by atoms with Gasteiger partial charge >= 0.3 is 0 Å². The van der Waals surface area contributed by atoms with Gasteiger partial charge in [-0.2, -0.15) is 0 Å². The monoisotopic (exact) mass is 463 g/mol. The summed E-state index contributed by atoms with van der Waals surface area (Å²) in [6, 6.07) is 18.3. The van der Waals surface area contributed by atoms with E-state index in [0.717, 1.165) is 5.56 Å². The molecular weight excluding hydrogens is 442 g/mol. The van der Waals surface area contributed by atoms with Gasteiger partial charge in [0.25, 0.3) is 21.8 Å². The van der Waals surface area contributed by atoms with Crippen molar-refractivity contribution in [2.24, 2.45) is 0 Å². The standard InChI is InChI=1S/C24H21N3O5S/c1-15-23(28)26-20-14-18(9-10-22(20)32-15)25-24(29)17-6-4-7-19(13-17)33(30,31)27-12-11-16-5-2-3-8-21(16)27/h2-10,13-15H,11-12H2,1H3,(H,25,29)(H,26,28)/t15-/m0/s1. The van der Waals surface area contributed by atoms with E-state index in [-0.39, 0.29) is 16.4 Å². The number of nitrogens with one attached hydrogen (secondary N) is 2. The highest BCUT2D eigenvalue weighted by molar-refractivity contribution is 7.92. The number of rotatable bonds is 4. The Balaban J connectivity index is 1.38. The molecule has 0 spiro atoms. The molecule has 0 saturated carbocycles. The molecule has 9 heteroatoms. The minimum atomic E-state index is -3.82. The summed E-state index contributed by atoms with van der Waals surface area (Å²) in [6.07, 6.45) is 0.0534. The molecule has 2 amide bonds. The molecule has 0 radical (unpaired) electrons. The maximum absolute atomic E-state index is 13.3. The summed E-state index contributed by atoms with van der Waals surface area (Å²) in [4.78, 5) is 24.8. The average Bonchev–Trinajstić information content (AvgIpc) is 3.25. The van der Waals surface area contributed by atoms with Crippen molar-refractivity contribution < 1.29 is 22.7 Å². The molecule has 8 nitrogen and oxygen atoms in total. The number of ether oxygens (including phenoxy) is 1. The van der Waals surface area contributed by atoms with E-state index in [9.17, 15) is 18.0 Å². The minimum absolute atomic E-state index is 0.0481. The van der Waals surface area contributed by atoms with E-state index in [1.807, 2.05) is 18.2 Å². The molecule has 3 aromatic rings. The maximum atomic E-state index is 13.3. The molecule has 1 atom stereocenters. The second-order valence-corrected chi connectivity index (χ2v) is 9.76. The number of carbonyl (C=O) groups is 2. The molecule has 5 rings (SSSR count). The van der Waals surface area contributed by atoms with Crippen LogP contribution in [0.5, 0.6) is 5.75 Å². The molecule has 0 saturated heterocycles. The van der Waals surface area contributed by atoms with Crippen molar-refractivity contribution in [1.82, 2.24) is 0 Å². The number of amides is 2. The Morgan fingerprint density at radius 1 is 1.09 bits per heavy atom. The number of benzene rings is 3. The predicted octanol–water partition coefficient (Wildman–Crippen LogP) is 3.41. The van der Waals surface area contributed by atoms with Crippen molar-refractivity contribution in [3.05, 3.63) is 77.9 Å². The molecule has 33 heavy (non-hydrogen) atoms. The van der Waals surface area contributed by atoms with E-state index in [2.05, 4.69) is 10.6 Å². The Bertz CT molecular complexity index is 1390. The fourth-order valence-electron chi connectivity index (χ4n) is 3.97. The summed E-state index contributed by atoms with van der Waals surface area (Å²) in [5.74, 6) is -0.225. The first-order valence-corrected chi connectivity index (χ1v) is 11.9. The van der Waals surface area contributed by atoms with E-state index in [1.165, 1.54) is 16.4 Å². The first-order chi connectivity index (χ1) is 15.8. The molecule has 168 valence electrons. The SMILES string of the molecule is C[C@@H]1Oc2ccc(NC(=O)c3cccc(S(=O)(=O)N4CCc5ccccc54)c3)cc2NC1=O. The number of hydrogen-bond acceptors (Lipinski definition) is 5. The second kappa shape index (κ2) is 7.93. The van der Waals surface area contributed by atoms with Crippen molar-refractivity contribution in [1.29, 1.82) is 0 Å². The first kappa shape index (κ1) is 21.0. The lowest BCUT2D eigenvalue weighted by Gasteiger charge is -2.23. The van der Waals surface area contributed by atoms with Crippen LogP contribution in [0.3, 0.4) is 0 Å². The fourth-order valence-corrected chi connectivity index (χ4v) is 5.52. The Hall–Kier alpha value is -3.85. The van der Waals surface area contributed by atoms with Crippen LogP contribution in [0.2, 0.25) is 0 Å². The average molecular weight is 464 g/mol. The highest BCUT2D eigenvalue weighted by Crippen LogP contribution is 2.34. The van der Waals surface area contributed by atoms with Gasteiger partial charge < -0.3 is 15.4 Å². The third-order valence-corrected chi connectivity index (χ3v) is 7.51. The Morgan fingerprint density at radius 3 is 2.76 bits per heavy atom. The zero-order valence-corrected chi connectivity index (χ0v) is 18.6. The predicted molar refractivity (Wildman–Crippen MR) is 124 cm³/mol. The van der Waals surface area contributed by atoms with Gasteiger partial charge in [-0.1, -0.05) is 24.3 Å². The van der Waals surface area contributed by atoms with E-state index < -0.39 is 22.0 Å². The van der Waals surface area contributed by atoms with Crippen molar-refractivity contribution >= 4 is 38.9 Å². The van der Waals surface area contributed by atoms with Crippen LogP contribution in [0.1, 0.15) is 22.8 Å². The molecule has 0 fully saturated rings. The first-order valence-electron chi connectivity index (χ1n) is 10.5. The second-order valence-electron chi connectivity index (χ2n) is 7.90. The van der Waals surface area contributed by atoms with Crippen LogP contribution in [0.15, 0.2) is 71.6 Å². The van der Waals surface area contributed by atoms with E-state index in [0.29, 0.717) is 35.8 Å². The fraction of sp³-hybridized carbons (Fsp3) is 0.167. The summed E-state index contributed by atoms with van der Waals surface area (Å²) in [6.45, 7) is 2.01. The minimum Gasteiger partial charge on any atom is -0.479 e. The molecule has 2 N–H and O–H groups in total. The molecule has 2 aliphatic rings. The van der Waals surface area contributed by atoms with E-state index in [4.69, 9.17) is 4.74 Å². The number of sulfonamides is 1.